The van der Waals surface area contributed by atoms with E-state index in [1.807, 2.05) is 6.92 Å². The lowest BCUT2D eigenvalue weighted by Gasteiger charge is -2.29. The summed E-state index contributed by atoms with van der Waals surface area (Å²) >= 11 is 0. The molecular formula is C32H32F6O2. The number of ether oxygens (including phenoxy) is 1. The fraction of sp³-hybridized carbons (Fsp3) is 0.406. The molecule has 1 aliphatic rings. The maximum atomic E-state index is 15.1. The van der Waals surface area contributed by atoms with Crippen LogP contribution in [0.15, 0.2) is 36.4 Å². The quantitative estimate of drug-likeness (QED) is 0.148. The fourth-order valence-electron chi connectivity index (χ4n) is 5.37. The number of halogens is 6. The second-order valence-electron chi connectivity index (χ2n) is 10.3. The smallest absolute Gasteiger partial charge is 0.341 e. The van der Waals surface area contributed by atoms with Crippen LogP contribution >= 0.6 is 0 Å². The summed E-state index contributed by atoms with van der Waals surface area (Å²) in [5, 5.41) is 0. The highest BCUT2D eigenvalue weighted by Gasteiger charge is 2.30. The van der Waals surface area contributed by atoms with Crippen molar-refractivity contribution in [2.45, 2.75) is 83.7 Å². The van der Waals surface area contributed by atoms with Gasteiger partial charge >= 0.3 is 5.97 Å². The first-order valence-electron chi connectivity index (χ1n) is 13.8. The number of esters is 1. The van der Waals surface area contributed by atoms with Gasteiger partial charge in [0.1, 0.15) is 6.10 Å². The molecule has 40 heavy (non-hydrogen) atoms. The number of aryl methyl sites for hydroxylation is 2. The molecule has 0 N–H and O–H groups in total. The second kappa shape index (κ2) is 12.9. The van der Waals surface area contributed by atoms with Crippen LogP contribution in [0.2, 0.25) is 0 Å². The van der Waals surface area contributed by atoms with E-state index in [0.29, 0.717) is 38.5 Å². The molecule has 3 aromatic carbocycles. The third kappa shape index (κ3) is 6.06. The minimum atomic E-state index is -1.26. The van der Waals surface area contributed by atoms with Gasteiger partial charge in [-0.25, -0.2) is 31.1 Å². The second-order valence-corrected chi connectivity index (χ2v) is 10.3. The van der Waals surface area contributed by atoms with E-state index < -0.39 is 52.5 Å². The summed E-state index contributed by atoms with van der Waals surface area (Å²) in [5.74, 6) is -8.33. The summed E-state index contributed by atoms with van der Waals surface area (Å²) in [6.45, 7) is 3.67. The van der Waals surface area contributed by atoms with Crippen molar-refractivity contribution in [1.29, 1.82) is 0 Å². The lowest BCUT2D eigenvalue weighted by Crippen LogP contribution is -2.25. The zero-order valence-corrected chi connectivity index (χ0v) is 22.6. The van der Waals surface area contributed by atoms with Crippen molar-refractivity contribution in [3.05, 3.63) is 93.6 Å². The molecule has 0 atom stereocenters. The van der Waals surface area contributed by atoms with E-state index in [1.54, 1.807) is 6.92 Å². The van der Waals surface area contributed by atoms with E-state index in [-0.39, 0.29) is 40.2 Å². The predicted molar refractivity (Wildman–Crippen MR) is 141 cm³/mol. The van der Waals surface area contributed by atoms with E-state index >= 15 is 8.78 Å². The molecule has 0 aliphatic heterocycles. The van der Waals surface area contributed by atoms with Crippen molar-refractivity contribution in [2.24, 2.45) is 0 Å². The maximum absolute atomic E-state index is 15.1. The molecule has 0 amide bonds. The van der Waals surface area contributed by atoms with Gasteiger partial charge in [0.05, 0.1) is 5.56 Å². The van der Waals surface area contributed by atoms with Gasteiger partial charge in [-0.3, -0.25) is 0 Å². The summed E-state index contributed by atoms with van der Waals surface area (Å²) < 4.78 is 93.4. The largest absolute Gasteiger partial charge is 0.459 e. The highest BCUT2D eigenvalue weighted by Crippen LogP contribution is 2.39. The fourth-order valence-corrected chi connectivity index (χ4v) is 5.37. The monoisotopic (exact) mass is 562 g/mol. The molecule has 0 aromatic heterocycles. The molecule has 8 heteroatoms. The highest BCUT2D eigenvalue weighted by atomic mass is 19.2. The molecule has 0 radical (unpaired) electrons. The number of carbonyl (C=O) groups excluding carboxylic acids is 1. The van der Waals surface area contributed by atoms with Crippen LogP contribution in [0.25, 0.3) is 11.1 Å². The Kier molecular flexibility index (Phi) is 9.59. The van der Waals surface area contributed by atoms with Gasteiger partial charge in [-0.2, -0.15) is 0 Å². The molecule has 1 saturated carbocycles. The molecule has 0 bridgehead atoms. The molecule has 0 saturated heterocycles. The summed E-state index contributed by atoms with van der Waals surface area (Å²) in [4.78, 5) is 12.6. The average Bonchev–Trinajstić information content (AvgIpc) is 2.95. The Balaban J connectivity index is 1.41. The molecule has 214 valence electrons. The van der Waals surface area contributed by atoms with Gasteiger partial charge in [0, 0.05) is 11.1 Å². The zero-order chi connectivity index (χ0) is 29.0. The van der Waals surface area contributed by atoms with E-state index in [4.69, 9.17) is 4.74 Å². The molecule has 0 heterocycles. The number of unbranched alkanes of at least 4 members (excludes halogenated alkanes) is 2. The number of hydrogen-bond acceptors (Lipinski definition) is 2. The van der Waals surface area contributed by atoms with E-state index in [2.05, 4.69) is 0 Å². The summed E-state index contributed by atoms with van der Waals surface area (Å²) in [7, 11) is 0. The first kappa shape index (κ1) is 29.7. The van der Waals surface area contributed by atoms with Crippen molar-refractivity contribution in [1.82, 2.24) is 0 Å². The molecule has 1 aliphatic carbocycles. The SMILES string of the molecule is CCCCCc1ccc(C(=O)OC2CCC(c3ccc(-c4ccc(CC)c(F)c4F)c(F)c3F)CC2)c(F)c1F. The Morgan fingerprint density at radius 2 is 1.30 bits per heavy atom. The molecule has 0 unspecified atom stereocenters. The first-order chi connectivity index (χ1) is 19.2. The van der Waals surface area contributed by atoms with Crippen LogP contribution in [0.4, 0.5) is 26.3 Å². The lowest BCUT2D eigenvalue weighted by molar-refractivity contribution is 0.0188. The van der Waals surface area contributed by atoms with Gasteiger partial charge in [0.15, 0.2) is 34.9 Å². The van der Waals surface area contributed by atoms with Crippen LogP contribution in [0, 0.1) is 34.9 Å². The van der Waals surface area contributed by atoms with Gasteiger partial charge in [-0.15, -0.1) is 0 Å². The molecule has 2 nitrogen and oxygen atoms in total. The van der Waals surface area contributed by atoms with Crippen molar-refractivity contribution < 1.29 is 35.9 Å². The minimum Gasteiger partial charge on any atom is -0.459 e. The van der Waals surface area contributed by atoms with Crippen LogP contribution in [-0.4, -0.2) is 12.1 Å². The third-order valence-electron chi connectivity index (χ3n) is 7.77. The Morgan fingerprint density at radius 1 is 0.700 bits per heavy atom. The number of benzene rings is 3. The van der Waals surface area contributed by atoms with Gasteiger partial charge < -0.3 is 4.74 Å². The van der Waals surface area contributed by atoms with Crippen molar-refractivity contribution >= 4 is 5.97 Å². The Labute approximate surface area is 230 Å². The summed E-state index contributed by atoms with van der Waals surface area (Å²) in [5.41, 5.74) is -0.737. The van der Waals surface area contributed by atoms with E-state index in [1.165, 1.54) is 36.4 Å². The van der Waals surface area contributed by atoms with Crippen molar-refractivity contribution in [3.8, 4) is 11.1 Å². The third-order valence-corrected chi connectivity index (χ3v) is 7.77. The number of rotatable bonds is 9. The van der Waals surface area contributed by atoms with Gasteiger partial charge in [-0.1, -0.05) is 57.0 Å². The van der Waals surface area contributed by atoms with Gasteiger partial charge in [0.2, 0.25) is 0 Å². The normalized spacial score (nSPS) is 17.2. The summed E-state index contributed by atoms with van der Waals surface area (Å²) in [6.07, 6.45) is 3.94. The molecule has 3 aromatic rings. The highest BCUT2D eigenvalue weighted by molar-refractivity contribution is 5.90. The average molecular weight is 563 g/mol. The Morgan fingerprint density at radius 3 is 1.95 bits per heavy atom. The number of carbonyl (C=O) groups is 1. The topological polar surface area (TPSA) is 26.3 Å². The number of hydrogen-bond donors (Lipinski definition) is 0. The molecule has 1 fully saturated rings. The van der Waals surface area contributed by atoms with Crippen LogP contribution in [0.3, 0.4) is 0 Å². The molecular weight excluding hydrogens is 530 g/mol. The van der Waals surface area contributed by atoms with Gasteiger partial charge in [-0.05, 0) is 73.6 Å². The standard InChI is InChI=1S/C32H32F6O2/c1-3-5-6-7-20-11-15-25(31(38)27(20)34)32(39)40-21-12-8-19(9-13-21)22-16-17-24(30(37)28(22)35)23-14-10-18(4-2)26(33)29(23)36/h10-11,14-17,19,21H,3-9,12-13H2,1-2H3. The molecule has 0 spiro atoms. The first-order valence-corrected chi connectivity index (χ1v) is 13.8. The van der Waals surface area contributed by atoms with Crippen LogP contribution in [0.1, 0.15) is 91.8 Å². The van der Waals surface area contributed by atoms with Crippen LogP contribution in [-0.2, 0) is 17.6 Å². The molecule has 4 rings (SSSR count). The Bertz CT molecular complexity index is 1380. The predicted octanol–water partition coefficient (Wildman–Crippen LogP) is 9.37. The van der Waals surface area contributed by atoms with Crippen molar-refractivity contribution in [2.75, 3.05) is 0 Å². The van der Waals surface area contributed by atoms with E-state index in [9.17, 15) is 22.4 Å². The van der Waals surface area contributed by atoms with Crippen LogP contribution in [0.5, 0.6) is 0 Å². The minimum absolute atomic E-state index is 0.101. The van der Waals surface area contributed by atoms with Gasteiger partial charge in [0.25, 0.3) is 0 Å². The maximum Gasteiger partial charge on any atom is 0.341 e. The Hall–Kier alpha value is -3.29. The zero-order valence-electron chi connectivity index (χ0n) is 22.6. The van der Waals surface area contributed by atoms with Crippen molar-refractivity contribution in [3.63, 3.8) is 0 Å². The lowest BCUT2D eigenvalue weighted by atomic mass is 9.82. The van der Waals surface area contributed by atoms with E-state index in [0.717, 1.165) is 12.8 Å². The van der Waals surface area contributed by atoms with Crippen LogP contribution < -0.4 is 0 Å². The summed E-state index contributed by atoms with van der Waals surface area (Å²) in [6, 6.07) is 7.84.